The number of thiophene rings is 1. The van der Waals surface area contributed by atoms with Crippen LogP contribution in [0.25, 0.3) is 0 Å². The van der Waals surface area contributed by atoms with Gasteiger partial charge in [0.25, 0.3) is 5.91 Å². The number of hydrogen-bond donors (Lipinski definition) is 2. The van der Waals surface area contributed by atoms with Gasteiger partial charge in [0.05, 0.1) is 29.1 Å². The van der Waals surface area contributed by atoms with E-state index in [-0.39, 0.29) is 11.4 Å². The average molecular weight is 264 g/mol. The molecule has 96 valence electrons. The molecule has 18 heavy (non-hydrogen) atoms. The fraction of sp³-hybridized carbons (Fsp3) is 0.462. The van der Waals surface area contributed by atoms with Crippen molar-refractivity contribution < 1.29 is 9.53 Å². The molecule has 0 aliphatic carbocycles. The number of rotatable bonds is 2. The van der Waals surface area contributed by atoms with E-state index in [0.717, 1.165) is 11.3 Å². The van der Waals surface area contributed by atoms with Crippen LogP contribution in [0.5, 0.6) is 0 Å². The topological polar surface area (TPSA) is 64.4 Å². The van der Waals surface area contributed by atoms with Crippen LogP contribution in [0.2, 0.25) is 0 Å². The summed E-state index contributed by atoms with van der Waals surface area (Å²) in [6.07, 6.45) is 0.850. The number of amides is 1. The molecule has 1 unspecified atom stereocenters. The molecule has 4 nitrogen and oxygen atoms in total. The zero-order chi connectivity index (χ0) is 13.0. The first-order valence-corrected chi connectivity index (χ1v) is 6.69. The van der Waals surface area contributed by atoms with Crippen LogP contribution in [-0.4, -0.2) is 31.2 Å². The first-order valence-electron chi connectivity index (χ1n) is 5.81. The van der Waals surface area contributed by atoms with Gasteiger partial charge in [-0.15, -0.1) is 11.3 Å². The summed E-state index contributed by atoms with van der Waals surface area (Å²) in [5.41, 5.74) is 5.71. The molecule has 1 fully saturated rings. The number of nitrogens with two attached hydrogens (primary N) is 1. The standard InChI is InChI=1S/C13H16N2O2S/c1-13(4-6-17-9-13)15-12(16)10-7-11(18-8-10)3-2-5-14/h7-8H,4-6,9,14H2,1H3,(H,15,16). The number of carbonyl (C=O) groups is 1. The van der Waals surface area contributed by atoms with E-state index >= 15 is 0 Å². The van der Waals surface area contributed by atoms with Gasteiger partial charge in [-0.25, -0.2) is 0 Å². The first-order chi connectivity index (χ1) is 8.63. The Morgan fingerprint density at radius 3 is 3.22 bits per heavy atom. The number of nitrogens with one attached hydrogen (secondary N) is 1. The number of hydrogen-bond acceptors (Lipinski definition) is 4. The van der Waals surface area contributed by atoms with E-state index < -0.39 is 0 Å². The fourth-order valence-corrected chi connectivity index (χ4v) is 2.53. The normalized spacial score (nSPS) is 22.3. The van der Waals surface area contributed by atoms with Crippen molar-refractivity contribution in [2.24, 2.45) is 5.73 Å². The van der Waals surface area contributed by atoms with Crippen molar-refractivity contribution in [2.75, 3.05) is 19.8 Å². The first kappa shape index (κ1) is 13.1. The lowest BCUT2D eigenvalue weighted by Crippen LogP contribution is -2.46. The molecular formula is C13H16N2O2S. The van der Waals surface area contributed by atoms with E-state index in [0.29, 0.717) is 25.3 Å². The Morgan fingerprint density at radius 2 is 2.56 bits per heavy atom. The predicted octanol–water partition coefficient (Wildman–Crippen LogP) is 0.967. The molecule has 0 saturated carbocycles. The van der Waals surface area contributed by atoms with Gasteiger partial charge >= 0.3 is 0 Å². The van der Waals surface area contributed by atoms with Crippen molar-refractivity contribution in [2.45, 2.75) is 18.9 Å². The van der Waals surface area contributed by atoms with Crippen molar-refractivity contribution in [1.82, 2.24) is 5.32 Å². The van der Waals surface area contributed by atoms with Crippen LogP contribution in [-0.2, 0) is 4.74 Å². The summed E-state index contributed by atoms with van der Waals surface area (Å²) in [7, 11) is 0. The Bertz CT molecular complexity index is 493. The van der Waals surface area contributed by atoms with Crippen molar-refractivity contribution in [3.05, 3.63) is 21.9 Å². The highest BCUT2D eigenvalue weighted by atomic mass is 32.1. The molecule has 1 aromatic rings. The van der Waals surface area contributed by atoms with Gasteiger partial charge in [-0.05, 0) is 19.4 Å². The molecule has 0 bridgehead atoms. The van der Waals surface area contributed by atoms with Gasteiger partial charge in [0.2, 0.25) is 0 Å². The number of ether oxygens (including phenoxy) is 1. The van der Waals surface area contributed by atoms with Crippen molar-refractivity contribution >= 4 is 17.2 Å². The summed E-state index contributed by atoms with van der Waals surface area (Å²) in [4.78, 5) is 12.9. The Labute approximate surface area is 111 Å². The third kappa shape index (κ3) is 3.10. The molecule has 1 aliphatic rings. The van der Waals surface area contributed by atoms with Gasteiger partial charge < -0.3 is 15.8 Å². The molecule has 0 radical (unpaired) electrons. The quantitative estimate of drug-likeness (QED) is 0.782. The molecular weight excluding hydrogens is 248 g/mol. The highest BCUT2D eigenvalue weighted by Gasteiger charge is 2.31. The second kappa shape index (κ2) is 5.53. The summed E-state index contributed by atoms with van der Waals surface area (Å²) in [5, 5.41) is 4.83. The Balaban J connectivity index is 2.02. The third-order valence-corrected chi connectivity index (χ3v) is 3.66. The highest BCUT2D eigenvalue weighted by Crippen LogP contribution is 2.19. The lowest BCUT2D eigenvalue weighted by Gasteiger charge is -2.23. The summed E-state index contributed by atoms with van der Waals surface area (Å²) in [5.74, 6) is 5.63. The summed E-state index contributed by atoms with van der Waals surface area (Å²) in [6.45, 7) is 3.60. The third-order valence-electron chi connectivity index (χ3n) is 2.81. The second-order valence-corrected chi connectivity index (χ2v) is 5.43. The van der Waals surface area contributed by atoms with E-state index in [9.17, 15) is 4.79 Å². The molecule has 1 amide bonds. The smallest absolute Gasteiger partial charge is 0.252 e. The van der Waals surface area contributed by atoms with Crippen LogP contribution in [0.15, 0.2) is 11.4 Å². The van der Waals surface area contributed by atoms with Gasteiger partial charge in [0, 0.05) is 12.0 Å². The largest absolute Gasteiger partial charge is 0.379 e. The van der Waals surface area contributed by atoms with Gasteiger partial charge in [0.1, 0.15) is 0 Å². The summed E-state index contributed by atoms with van der Waals surface area (Å²) < 4.78 is 5.31. The maximum Gasteiger partial charge on any atom is 0.252 e. The molecule has 1 atom stereocenters. The zero-order valence-electron chi connectivity index (χ0n) is 10.3. The van der Waals surface area contributed by atoms with E-state index in [1.807, 2.05) is 12.3 Å². The molecule has 2 heterocycles. The van der Waals surface area contributed by atoms with Crippen LogP contribution in [0.4, 0.5) is 0 Å². The maximum absolute atomic E-state index is 12.1. The summed E-state index contributed by atoms with van der Waals surface area (Å²) in [6, 6.07) is 1.79. The van der Waals surface area contributed by atoms with Crippen LogP contribution < -0.4 is 11.1 Å². The SMILES string of the molecule is CC1(NC(=O)c2csc(C#CCN)c2)CCOC1. The predicted molar refractivity (Wildman–Crippen MR) is 71.6 cm³/mol. The average Bonchev–Trinajstić information content (AvgIpc) is 2.95. The Morgan fingerprint density at radius 1 is 1.72 bits per heavy atom. The number of carbonyl (C=O) groups excluding carboxylic acids is 1. The van der Waals surface area contributed by atoms with Crippen molar-refractivity contribution in [1.29, 1.82) is 0 Å². The highest BCUT2D eigenvalue weighted by molar-refractivity contribution is 7.10. The molecule has 0 aromatic carbocycles. The monoisotopic (exact) mass is 264 g/mol. The fourth-order valence-electron chi connectivity index (χ4n) is 1.77. The minimum absolute atomic E-state index is 0.0694. The van der Waals surface area contributed by atoms with Crippen molar-refractivity contribution in [3.8, 4) is 11.8 Å². The van der Waals surface area contributed by atoms with Crippen LogP contribution in [0.1, 0.15) is 28.6 Å². The lowest BCUT2D eigenvalue weighted by atomic mass is 10.0. The van der Waals surface area contributed by atoms with E-state index in [2.05, 4.69) is 17.2 Å². The molecule has 1 saturated heterocycles. The summed E-state index contributed by atoms with van der Waals surface area (Å²) >= 11 is 1.45. The molecule has 1 aliphatic heterocycles. The van der Waals surface area contributed by atoms with E-state index in [1.165, 1.54) is 11.3 Å². The van der Waals surface area contributed by atoms with Gasteiger partial charge in [-0.1, -0.05) is 11.8 Å². The zero-order valence-corrected chi connectivity index (χ0v) is 11.1. The van der Waals surface area contributed by atoms with Crippen molar-refractivity contribution in [3.63, 3.8) is 0 Å². The minimum atomic E-state index is -0.248. The lowest BCUT2D eigenvalue weighted by molar-refractivity contribution is 0.0890. The van der Waals surface area contributed by atoms with Crippen LogP contribution in [0, 0.1) is 11.8 Å². The Kier molecular flexibility index (Phi) is 4.02. The van der Waals surface area contributed by atoms with Gasteiger partial charge in [-0.3, -0.25) is 4.79 Å². The molecule has 0 spiro atoms. The van der Waals surface area contributed by atoms with Gasteiger partial charge in [0.15, 0.2) is 0 Å². The van der Waals surface area contributed by atoms with Crippen LogP contribution in [0.3, 0.4) is 0 Å². The molecule has 3 N–H and O–H groups in total. The molecule has 2 rings (SSSR count). The molecule has 5 heteroatoms. The van der Waals surface area contributed by atoms with E-state index in [1.54, 1.807) is 6.07 Å². The van der Waals surface area contributed by atoms with Crippen LogP contribution >= 0.6 is 11.3 Å². The maximum atomic E-state index is 12.1. The molecule has 1 aromatic heterocycles. The van der Waals surface area contributed by atoms with E-state index in [4.69, 9.17) is 10.5 Å². The van der Waals surface area contributed by atoms with Gasteiger partial charge in [-0.2, -0.15) is 0 Å². The Hall–Kier alpha value is -1.35. The second-order valence-electron chi connectivity index (χ2n) is 4.52. The minimum Gasteiger partial charge on any atom is -0.379 e.